The van der Waals surface area contributed by atoms with Gasteiger partial charge in [-0.15, -0.1) is 0 Å². The Morgan fingerprint density at radius 3 is 2.54 bits per heavy atom. The van der Waals surface area contributed by atoms with Gasteiger partial charge in [-0.05, 0) is 29.5 Å². The first-order valence-corrected chi connectivity index (χ1v) is 9.49. The van der Waals surface area contributed by atoms with Crippen molar-refractivity contribution in [3.63, 3.8) is 0 Å². The molecule has 1 aromatic carbocycles. The summed E-state index contributed by atoms with van der Waals surface area (Å²) in [4.78, 5) is 0.243. The highest BCUT2D eigenvalue weighted by Crippen LogP contribution is 2.25. The van der Waals surface area contributed by atoms with Crippen molar-refractivity contribution < 1.29 is 13.2 Å². The molecule has 1 saturated heterocycles. The monoisotopic (exact) mass is 349 g/mol. The Hall–Kier alpha value is -1.86. The minimum Gasteiger partial charge on any atom is -0.379 e. The number of anilines is 1. The van der Waals surface area contributed by atoms with Gasteiger partial charge in [-0.1, -0.05) is 32.9 Å². The second-order valence-corrected chi connectivity index (χ2v) is 8.79. The zero-order valence-electron chi connectivity index (χ0n) is 14.2. The quantitative estimate of drug-likeness (QED) is 0.921. The van der Waals surface area contributed by atoms with Crippen molar-refractivity contribution in [2.45, 2.75) is 43.5 Å². The van der Waals surface area contributed by atoms with Crippen LogP contribution in [0.1, 0.15) is 38.8 Å². The van der Waals surface area contributed by atoms with Crippen LogP contribution < -0.4 is 4.72 Å². The van der Waals surface area contributed by atoms with Gasteiger partial charge in [-0.25, -0.2) is 8.42 Å². The van der Waals surface area contributed by atoms with Gasteiger partial charge < -0.3 is 4.74 Å². The van der Waals surface area contributed by atoms with E-state index in [1.165, 1.54) is 6.20 Å². The summed E-state index contributed by atoms with van der Waals surface area (Å²) >= 11 is 0. The molecule has 0 bridgehead atoms. The molecular weight excluding hydrogens is 326 g/mol. The lowest BCUT2D eigenvalue weighted by Crippen LogP contribution is -2.14. The molecule has 6 nitrogen and oxygen atoms in total. The zero-order valence-corrected chi connectivity index (χ0v) is 15.0. The first-order chi connectivity index (χ1) is 11.3. The third-order valence-corrected chi connectivity index (χ3v) is 5.56. The summed E-state index contributed by atoms with van der Waals surface area (Å²) in [5.74, 6) is 0. The molecule has 1 N–H and O–H groups in total. The molecule has 7 heteroatoms. The summed E-state index contributed by atoms with van der Waals surface area (Å²) in [7, 11) is -3.62. The average Bonchev–Trinajstić information content (AvgIpc) is 3.17. The van der Waals surface area contributed by atoms with Crippen LogP contribution in [0.4, 0.5) is 5.69 Å². The normalized spacial score (nSPS) is 18.7. The van der Waals surface area contributed by atoms with Gasteiger partial charge >= 0.3 is 0 Å². The van der Waals surface area contributed by atoms with Crippen LogP contribution in [0.2, 0.25) is 0 Å². The van der Waals surface area contributed by atoms with Gasteiger partial charge in [-0.2, -0.15) is 5.10 Å². The molecule has 0 aliphatic carbocycles. The van der Waals surface area contributed by atoms with Crippen molar-refractivity contribution in [1.29, 1.82) is 0 Å². The van der Waals surface area contributed by atoms with Crippen LogP contribution in [0, 0.1) is 0 Å². The predicted molar refractivity (Wildman–Crippen MR) is 92.7 cm³/mol. The van der Waals surface area contributed by atoms with Gasteiger partial charge in [0.2, 0.25) is 0 Å². The average molecular weight is 349 g/mol. The molecule has 1 aromatic heterocycles. The summed E-state index contributed by atoms with van der Waals surface area (Å²) < 4.78 is 34.7. The number of hydrogen-bond donors (Lipinski definition) is 1. The largest absolute Gasteiger partial charge is 0.379 e. The third kappa shape index (κ3) is 3.62. The lowest BCUT2D eigenvalue weighted by atomic mass is 9.87. The first-order valence-electron chi connectivity index (χ1n) is 8.01. The molecule has 2 heterocycles. The van der Waals surface area contributed by atoms with Crippen LogP contribution in [0.3, 0.4) is 0 Å². The van der Waals surface area contributed by atoms with Crippen molar-refractivity contribution in [3.05, 3.63) is 42.2 Å². The first kappa shape index (κ1) is 17.0. The molecule has 0 radical (unpaired) electrons. The summed E-state index contributed by atoms with van der Waals surface area (Å²) in [5, 5.41) is 4.23. The Balaban J connectivity index is 1.76. The number of ether oxygens (including phenoxy) is 1. The lowest BCUT2D eigenvalue weighted by molar-refractivity contribution is 0.184. The van der Waals surface area contributed by atoms with E-state index in [0.717, 1.165) is 12.0 Å². The SMILES string of the molecule is CC(C)(C)c1ccc(S(=O)(=O)Nc2cnn(C3CCOC3)c2)cc1. The highest BCUT2D eigenvalue weighted by molar-refractivity contribution is 7.92. The molecular formula is C17H23N3O3S. The smallest absolute Gasteiger partial charge is 0.261 e. The van der Waals surface area contributed by atoms with E-state index < -0.39 is 10.0 Å². The zero-order chi connectivity index (χ0) is 17.4. The van der Waals surface area contributed by atoms with Gasteiger partial charge in [0.25, 0.3) is 10.0 Å². The molecule has 1 aliphatic heterocycles. The van der Waals surface area contributed by atoms with Crippen LogP contribution in [-0.2, 0) is 20.2 Å². The summed E-state index contributed by atoms with van der Waals surface area (Å²) in [6.45, 7) is 7.61. The van der Waals surface area contributed by atoms with Gasteiger partial charge in [0.1, 0.15) is 0 Å². The third-order valence-electron chi connectivity index (χ3n) is 4.16. The van der Waals surface area contributed by atoms with E-state index in [2.05, 4.69) is 30.6 Å². The summed E-state index contributed by atoms with van der Waals surface area (Å²) in [6, 6.07) is 7.16. The van der Waals surface area contributed by atoms with E-state index >= 15 is 0 Å². The van der Waals surface area contributed by atoms with Crippen molar-refractivity contribution >= 4 is 15.7 Å². The van der Waals surface area contributed by atoms with E-state index in [0.29, 0.717) is 18.9 Å². The number of sulfonamides is 1. The molecule has 0 spiro atoms. The highest BCUT2D eigenvalue weighted by atomic mass is 32.2. The number of nitrogens with one attached hydrogen (secondary N) is 1. The Morgan fingerprint density at radius 2 is 1.96 bits per heavy atom. The highest BCUT2D eigenvalue weighted by Gasteiger charge is 2.21. The molecule has 1 atom stereocenters. The topological polar surface area (TPSA) is 73.2 Å². The minimum atomic E-state index is -3.62. The van der Waals surface area contributed by atoms with Gasteiger partial charge in [0.05, 0.1) is 29.4 Å². The fraction of sp³-hybridized carbons (Fsp3) is 0.471. The fourth-order valence-electron chi connectivity index (χ4n) is 2.67. The second-order valence-electron chi connectivity index (χ2n) is 7.11. The van der Waals surface area contributed by atoms with E-state index in [1.807, 2.05) is 12.1 Å². The molecule has 3 rings (SSSR count). The van der Waals surface area contributed by atoms with Gasteiger partial charge in [0.15, 0.2) is 0 Å². The van der Waals surface area contributed by atoms with E-state index in [9.17, 15) is 8.42 Å². The van der Waals surface area contributed by atoms with Crippen LogP contribution in [0.25, 0.3) is 0 Å². The lowest BCUT2D eigenvalue weighted by Gasteiger charge is -2.19. The number of nitrogens with zero attached hydrogens (tertiary/aromatic N) is 2. The maximum atomic E-state index is 12.5. The molecule has 0 amide bonds. The fourth-order valence-corrected chi connectivity index (χ4v) is 3.70. The van der Waals surface area contributed by atoms with Gasteiger partial charge in [-0.3, -0.25) is 9.40 Å². The summed E-state index contributed by atoms with van der Waals surface area (Å²) in [5.41, 5.74) is 1.54. The van der Waals surface area contributed by atoms with Gasteiger partial charge in [0, 0.05) is 12.8 Å². The second kappa shape index (κ2) is 6.22. The van der Waals surface area contributed by atoms with E-state index in [4.69, 9.17) is 4.74 Å². The van der Waals surface area contributed by atoms with Crippen LogP contribution in [0.5, 0.6) is 0 Å². The van der Waals surface area contributed by atoms with E-state index in [1.54, 1.807) is 23.0 Å². The van der Waals surface area contributed by atoms with E-state index in [-0.39, 0.29) is 16.4 Å². The maximum absolute atomic E-state index is 12.5. The Kier molecular flexibility index (Phi) is 4.40. The van der Waals surface area contributed by atoms with Crippen molar-refractivity contribution in [3.8, 4) is 0 Å². The number of aromatic nitrogens is 2. The number of benzene rings is 1. The van der Waals surface area contributed by atoms with Crippen LogP contribution >= 0.6 is 0 Å². The molecule has 2 aromatic rings. The molecule has 0 saturated carbocycles. The number of hydrogen-bond acceptors (Lipinski definition) is 4. The standard InChI is InChI=1S/C17H23N3O3S/c1-17(2,3)13-4-6-16(7-5-13)24(21,22)19-14-10-18-20(11-14)15-8-9-23-12-15/h4-7,10-11,15,19H,8-9,12H2,1-3H3. The Morgan fingerprint density at radius 1 is 1.25 bits per heavy atom. The van der Waals surface area contributed by atoms with Crippen molar-refractivity contribution in [2.75, 3.05) is 17.9 Å². The Labute approximate surface area is 142 Å². The van der Waals surface area contributed by atoms with Crippen molar-refractivity contribution in [1.82, 2.24) is 9.78 Å². The van der Waals surface area contributed by atoms with Crippen LogP contribution in [0.15, 0.2) is 41.6 Å². The summed E-state index contributed by atoms with van der Waals surface area (Å²) in [6.07, 6.45) is 4.13. The Bertz CT molecular complexity index is 798. The molecule has 1 unspecified atom stereocenters. The van der Waals surface area contributed by atoms with Crippen molar-refractivity contribution in [2.24, 2.45) is 0 Å². The maximum Gasteiger partial charge on any atom is 0.261 e. The predicted octanol–water partition coefficient (Wildman–Crippen LogP) is 2.94. The van der Waals surface area contributed by atoms with Crippen LogP contribution in [-0.4, -0.2) is 31.4 Å². The number of rotatable bonds is 4. The molecule has 1 aliphatic rings. The minimum absolute atomic E-state index is 0.0137. The molecule has 24 heavy (non-hydrogen) atoms. The molecule has 130 valence electrons. The molecule has 1 fully saturated rings.